The first-order chi connectivity index (χ1) is 7.85. The molecule has 10 heteroatoms. The fourth-order valence-electron chi connectivity index (χ4n) is 1.04. The van der Waals surface area contributed by atoms with Gasteiger partial charge in [-0.2, -0.15) is 0 Å². The second kappa shape index (κ2) is 4.51. The molecule has 0 unspecified atom stereocenters. The van der Waals surface area contributed by atoms with Crippen LogP contribution in [0.2, 0.25) is 0 Å². The van der Waals surface area contributed by atoms with Crippen LogP contribution < -0.4 is 0 Å². The maximum Gasteiger partial charge on any atom is 0.288 e. The molecular weight excluding hydrogens is 212 g/mol. The molecule has 84 valence electrons. The lowest BCUT2D eigenvalue weighted by atomic mass is 10.7. The van der Waals surface area contributed by atoms with Crippen LogP contribution in [-0.2, 0) is 13.1 Å². The highest BCUT2D eigenvalue weighted by atomic mass is 15.6. The van der Waals surface area contributed by atoms with Crippen LogP contribution >= 0.6 is 0 Å². The summed E-state index contributed by atoms with van der Waals surface area (Å²) in [5.74, 6) is 0.654. The number of rotatable bonds is 4. The van der Waals surface area contributed by atoms with E-state index >= 15 is 0 Å². The van der Waals surface area contributed by atoms with Gasteiger partial charge in [-0.15, -0.1) is 10.2 Å². The minimum absolute atomic E-state index is 0.327. The molecule has 16 heavy (non-hydrogen) atoms. The minimum Gasteiger partial charge on any atom is -0.209 e. The Labute approximate surface area is 90.4 Å². The Morgan fingerprint density at radius 1 is 0.875 bits per heavy atom. The van der Waals surface area contributed by atoms with E-state index in [1.165, 1.54) is 9.36 Å². The summed E-state index contributed by atoms with van der Waals surface area (Å²) in [4.78, 5) is 0. The van der Waals surface area contributed by atoms with Crippen molar-refractivity contribution in [1.82, 2.24) is 40.4 Å². The van der Waals surface area contributed by atoms with Gasteiger partial charge in [0.2, 0.25) is 0 Å². The molecule has 2 aromatic rings. The van der Waals surface area contributed by atoms with Crippen molar-refractivity contribution >= 4 is 11.9 Å². The Balaban J connectivity index is 2.21. The maximum absolute atomic E-state index is 3.88. The monoisotopic (exact) mass is 222 g/mol. The van der Waals surface area contributed by atoms with E-state index in [9.17, 15) is 0 Å². The third-order valence-electron chi connectivity index (χ3n) is 1.85. The van der Waals surface area contributed by atoms with E-state index in [1.807, 2.05) is 13.8 Å². The van der Waals surface area contributed by atoms with Crippen molar-refractivity contribution in [3.05, 3.63) is 0 Å². The van der Waals surface area contributed by atoms with Gasteiger partial charge in [-0.05, 0) is 34.7 Å². The molecule has 2 heterocycles. The van der Waals surface area contributed by atoms with Crippen molar-refractivity contribution in [2.75, 3.05) is 0 Å². The Bertz CT molecular complexity index is 437. The Hall–Kier alpha value is -2.26. The molecule has 0 spiro atoms. The highest BCUT2D eigenvalue weighted by Gasteiger charge is 2.04. The largest absolute Gasteiger partial charge is 0.288 e. The molecule has 10 nitrogen and oxygen atoms in total. The molecule has 0 saturated heterocycles. The van der Waals surface area contributed by atoms with Crippen LogP contribution in [0.15, 0.2) is 10.2 Å². The normalized spacial score (nSPS) is 11.4. The molecule has 0 N–H and O–H groups in total. The molecule has 0 fully saturated rings. The van der Waals surface area contributed by atoms with Crippen molar-refractivity contribution in [3.8, 4) is 0 Å². The van der Waals surface area contributed by atoms with Gasteiger partial charge in [0.25, 0.3) is 11.9 Å². The van der Waals surface area contributed by atoms with Gasteiger partial charge < -0.3 is 0 Å². The molecule has 0 atom stereocenters. The van der Waals surface area contributed by atoms with Crippen LogP contribution in [0.25, 0.3) is 0 Å². The van der Waals surface area contributed by atoms with Gasteiger partial charge in [-0.1, -0.05) is 10.2 Å². The Kier molecular flexibility index (Phi) is 2.89. The molecular formula is C6H10N10. The van der Waals surface area contributed by atoms with Gasteiger partial charge in [0.1, 0.15) is 0 Å². The van der Waals surface area contributed by atoms with Crippen molar-refractivity contribution in [1.29, 1.82) is 0 Å². The number of hydrogen-bond donors (Lipinski definition) is 0. The van der Waals surface area contributed by atoms with Gasteiger partial charge in [0, 0.05) is 13.1 Å². The first-order valence-corrected chi connectivity index (χ1v) is 4.79. The molecule has 0 amide bonds. The number of nitrogens with zero attached hydrogens (tertiary/aromatic N) is 10. The molecule has 0 aromatic carbocycles. The summed E-state index contributed by atoms with van der Waals surface area (Å²) < 4.78 is 3.03. The zero-order valence-electron chi connectivity index (χ0n) is 8.89. The fourth-order valence-corrected chi connectivity index (χ4v) is 1.04. The summed E-state index contributed by atoms with van der Waals surface area (Å²) in [5, 5.41) is 29.6. The number of hydrogen-bond acceptors (Lipinski definition) is 8. The van der Waals surface area contributed by atoms with Gasteiger partial charge in [-0.3, -0.25) is 0 Å². The summed E-state index contributed by atoms with van der Waals surface area (Å²) in [5.41, 5.74) is 0. The SMILES string of the molecule is CCn1nnnc1/N=N/c1nnnn1CC. The van der Waals surface area contributed by atoms with E-state index in [4.69, 9.17) is 0 Å². The molecule has 2 rings (SSSR count). The van der Waals surface area contributed by atoms with Crippen LogP contribution in [0.5, 0.6) is 0 Å². The molecule has 0 saturated carbocycles. The van der Waals surface area contributed by atoms with Gasteiger partial charge >= 0.3 is 0 Å². The first-order valence-electron chi connectivity index (χ1n) is 4.79. The molecule has 0 aliphatic rings. The van der Waals surface area contributed by atoms with E-state index in [0.29, 0.717) is 25.0 Å². The summed E-state index contributed by atoms with van der Waals surface area (Å²) in [6.45, 7) is 5.07. The van der Waals surface area contributed by atoms with Crippen molar-refractivity contribution in [2.45, 2.75) is 26.9 Å². The molecule has 0 radical (unpaired) electrons. The quantitative estimate of drug-likeness (QED) is 0.679. The lowest BCUT2D eigenvalue weighted by molar-refractivity contribution is 0.619. The molecule has 0 aliphatic carbocycles. The van der Waals surface area contributed by atoms with Crippen LogP contribution in [0, 0.1) is 0 Å². The van der Waals surface area contributed by atoms with E-state index in [0.717, 1.165) is 0 Å². The molecule has 0 aliphatic heterocycles. The average Bonchev–Trinajstić information content (AvgIpc) is 2.94. The van der Waals surface area contributed by atoms with Crippen LogP contribution in [-0.4, -0.2) is 40.4 Å². The topological polar surface area (TPSA) is 112 Å². The van der Waals surface area contributed by atoms with Crippen LogP contribution in [0.4, 0.5) is 11.9 Å². The maximum atomic E-state index is 3.88. The van der Waals surface area contributed by atoms with Gasteiger partial charge in [0.15, 0.2) is 0 Å². The highest BCUT2D eigenvalue weighted by Crippen LogP contribution is 2.11. The van der Waals surface area contributed by atoms with E-state index in [2.05, 4.69) is 41.3 Å². The first kappa shape index (κ1) is 10.3. The second-order valence-corrected chi connectivity index (χ2v) is 2.79. The number of tetrazole rings is 2. The minimum atomic E-state index is 0.327. The lowest BCUT2D eigenvalue weighted by Crippen LogP contribution is -1.96. The van der Waals surface area contributed by atoms with Crippen molar-refractivity contribution < 1.29 is 0 Å². The second-order valence-electron chi connectivity index (χ2n) is 2.79. The third-order valence-corrected chi connectivity index (χ3v) is 1.85. The number of aromatic nitrogens is 8. The summed E-state index contributed by atoms with van der Waals surface area (Å²) in [6.07, 6.45) is 0. The fraction of sp³-hybridized carbons (Fsp3) is 0.667. The zero-order chi connectivity index (χ0) is 11.4. The van der Waals surface area contributed by atoms with Crippen LogP contribution in [0.3, 0.4) is 0 Å². The van der Waals surface area contributed by atoms with Crippen molar-refractivity contribution in [3.63, 3.8) is 0 Å². The van der Waals surface area contributed by atoms with Crippen LogP contribution in [0.1, 0.15) is 13.8 Å². The third kappa shape index (κ3) is 1.89. The number of aryl methyl sites for hydroxylation is 2. The van der Waals surface area contributed by atoms with E-state index < -0.39 is 0 Å². The van der Waals surface area contributed by atoms with Crippen molar-refractivity contribution in [2.24, 2.45) is 10.2 Å². The Morgan fingerprint density at radius 2 is 1.31 bits per heavy atom. The molecule has 2 aromatic heterocycles. The highest BCUT2D eigenvalue weighted by molar-refractivity contribution is 5.14. The smallest absolute Gasteiger partial charge is 0.209 e. The lowest BCUT2D eigenvalue weighted by Gasteiger charge is -1.94. The zero-order valence-corrected chi connectivity index (χ0v) is 8.89. The van der Waals surface area contributed by atoms with Gasteiger partial charge in [-0.25, -0.2) is 9.36 Å². The average molecular weight is 222 g/mol. The summed E-state index contributed by atoms with van der Waals surface area (Å²) >= 11 is 0. The van der Waals surface area contributed by atoms with Gasteiger partial charge in [0.05, 0.1) is 0 Å². The standard InChI is InChI=1S/C6H10N10/c1-3-15-5(9-11-13-15)7-8-6-10-12-14-16(6)4-2/h3-4H2,1-2H3/b8-7+. The summed E-state index contributed by atoms with van der Waals surface area (Å²) in [7, 11) is 0. The predicted octanol–water partition coefficient (Wildman–Crippen LogP) is 0.115. The predicted molar refractivity (Wildman–Crippen MR) is 51.2 cm³/mol. The van der Waals surface area contributed by atoms with E-state index in [1.54, 1.807) is 0 Å². The Morgan fingerprint density at radius 3 is 1.69 bits per heavy atom. The van der Waals surface area contributed by atoms with E-state index in [-0.39, 0.29) is 0 Å². The summed E-state index contributed by atoms with van der Waals surface area (Å²) in [6, 6.07) is 0. The number of azo groups is 1. The molecule has 0 bridgehead atoms.